The lowest BCUT2D eigenvalue weighted by atomic mass is 10.2. The zero-order valence-electron chi connectivity index (χ0n) is 15.8. The Labute approximate surface area is 164 Å². The SMILES string of the molecule is CO[C@H]1CCN(c2cccc(S(=O)(=O)n3cc(CCN)c4ncccc43)c2)C1. The van der Waals surface area contributed by atoms with Crippen LogP contribution in [0.2, 0.25) is 0 Å². The monoisotopic (exact) mass is 400 g/mol. The number of methoxy groups -OCH3 is 1. The van der Waals surface area contributed by atoms with Gasteiger partial charge in [0, 0.05) is 38.3 Å². The molecule has 148 valence electrons. The van der Waals surface area contributed by atoms with Crippen LogP contribution in [0.15, 0.2) is 53.7 Å². The van der Waals surface area contributed by atoms with Crippen LogP contribution in [0, 0.1) is 0 Å². The summed E-state index contributed by atoms with van der Waals surface area (Å²) in [6.07, 6.45) is 4.99. The number of nitrogens with two attached hydrogens (primary N) is 1. The van der Waals surface area contributed by atoms with Crippen LogP contribution in [-0.4, -0.2) is 50.2 Å². The molecule has 1 aliphatic heterocycles. The van der Waals surface area contributed by atoms with E-state index in [9.17, 15) is 8.42 Å². The number of hydrogen-bond donors (Lipinski definition) is 1. The second kappa shape index (κ2) is 7.54. The molecule has 7 nitrogen and oxygen atoms in total. The number of aromatic nitrogens is 2. The fourth-order valence-corrected chi connectivity index (χ4v) is 5.16. The molecule has 1 fully saturated rings. The third kappa shape index (κ3) is 3.28. The van der Waals surface area contributed by atoms with Crippen molar-refractivity contribution < 1.29 is 13.2 Å². The number of rotatable bonds is 6. The molecule has 0 spiro atoms. The topological polar surface area (TPSA) is 90.5 Å². The predicted molar refractivity (Wildman–Crippen MR) is 109 cm³/mol. The Hall–Kier alpha value is -2.42. The first kappa shape index (κ1) is 18.9. The smallest absolute Gasteiger partial charge is 0.268 e. The summed E-state index contributed by atoms with van der Waals surface area (Å²) in [5, 5.41) is 0. The Morgan fingerprint density at radius 3 is 2.89 bits per heavy atom. The minimum absolute atomic E-state index is 0.179. The summed E-state index contributed by atoms with van der Waals surface area (Å²) < 4.78 is 33.6. The Morgan fingerprint density at radius 1 is 1.29 bits per heavy atom. The molecule has 28 heavy (non-hydrogen) atoms. The first-order chi connectivity index (χ1) is 13.5. The minimum atomic E-state index is -3.76. The molecule has 0 unspecified atom stereocenters. The predicted octanol–water partition coefficient (Wildman–Crippen LogP) is 2.00. The standard InChI is InChI=1S/C20H24N4O3S/c1-27-17-8-11-23(14-17)16-4-2-5-18(12-16)28(25,26)24-13-15(7-9-21)20-19(24)6-3-10-22-20/h2-6,10,12-13,17H,7-9,11,14,21H2,1H3/t17-/m0/s1. The normalized spacial score (nSPS) is 17.5. The Morgan fingerprint density at radius 2 is 2.14 bits per heavy atom. The van der Waals surface area contributed by atoms with Crippen LogP contribution in [0.1, 0.15) is 12.0 Å². The van der Waals surface area contributed by atoms with Gasteiger partial charge in [-0.05, 0) is 55.3 Å². The van der Waals surface area contributed by atoms with Crippen LogP contribution in [0.4, 0.5) is 5.69 Å². The largest absolute Gasteiger partial charge is 0.380 e. The molecule has 1 aliphatic rings. The molecule has 0 amide bonds. The van der Waals surface area contributed by atoms with Gasteiger partial charge in [-0.25, -0.2) is 12.4 Å². The van der Waals surface area contributed by atoms with E-state index in [1.54, 1.807) is 49.8 Å². The van der Waals surface area contributed by atoms with Crippen LogP contribution < -0.4 is 10.6 Å². The Balaban J connectivity index is 1.76. The maximum atomic E-state index is 13.4. The van der Waals surface area contributed by atoms with E-state index >= 15 is 0 Å². The molecule has 4 rings (SSSR count). The maximum absolute atomic E-state index is 13.4. The first-order valence-corrected chi connectivity index (χ1v) is 10.8. The zero-order valence-corrected chi connectivity index (χ0v) is 16.6. The number of hydrogen-bond acceptors (Lipinski definition) is 6. The third-order valence-electron chi connectivity index (χ3n) is 5.23. The molecular weight excluding hydrogens is 376 g/mol. The highest BCUT2D eigenvalue weighted by Crippen LogP contribution is 2.28. The van der Waals surface area contributed by atoms with Crippen molar-refractivity contribution in [3.05, 3.63) is 54.4 Å². The van der Waals surface area contributed by atoms with Gasteiger partial charge < -0.3 is 15.4 Å². The molecule has 1 aromatic carbocycles. The molecule has 8 heteroatoms. The van der Waals surface area contributed by atoms with Gasteiger partial charge in [-0.2, -0.15) is 0 Å². The highest BCUT2D eigenvalue weighted by atomic mass is 32.2. The molecule has 1 saturated heterocycles. The Bertz CT molecular complexity index is 1090. The van der Waals surface area contributed by atoms with Crippen molar-refractivity contribution in [3.8, 4) is 0 Å². The van der Waals surface area contributed by atoms with Gasteiger partial charge in [-0.3, -0.25) is 4.98 Å². The first-order valence-electron chi connectivity index (χ1n) is 9.33. The van der Waals surface area contributed by atoms with Gasteiger partial charge in [0.05, 0.1) is 22.0 Å². The van der Waals surface area contributed by atoms with Crippen molar-refractivity contribution in [1.29, 1.82) is 0 Å². The molecular formula is C20H24N4O3S. The number of fused-ring (bicyclic) bond motifs is 1. The second-order valence-electron chi connectivity index (χ2n) is 6.95. The minimum Gasteiger partial charge on any atom is -0.380 e. The highest BCUT2D eigenvalue weighted by Gasteiger charge is 2.25. The van der Waals surface area contributed by atoms with Crippen LogP contribution >= 0.6 is 0 Å². The van der Waals surface area contributed by atoms with Gasteiger partial charge in [-0.15, -0.1) is 0 Å². The second-order valence-corrected chi connectivity index (χ2v) is 8.77. The van der Waals surface area contributed by atoms with Gasteiger partial charge in [0.15, 0.2) is 0 Å². The van der Waals surface area contributed by atoms with Gasteiger partial charge in [0.25, 0.3) is 10.0 Å². The van der Waals surface area contributed by atoms with Gasteiger partial charge in [-0.1, -0.05) is 6.07 Å². The van der Waals surface area contributed by atoms with E-state index in [0.29, 0.717) is 24.0 Å². The fraction of sp³-hybridized carbons (Fsp3) is 0.350. The van der Waals surface area contributed by atoms with Crippen molar-refractivity contribution in [2.75, 3.05) is 31.6 Å². The summed E-state index contributed by atoms with van der Waals surface area (Å²) >= 11 is 0. The van der Waals surface area contributed by atoms with Gasteiger partial charge in [0.2, 0.25) is 0 Å². The number of anilines is 1. The van der Waals surface area contributed by atoms with E-state index < -0.39 is 10.0 Å². The van der Waals surface area contributed by atoms with Crippen LogP contribution in [0.25, 0.3) is 11.0 Å². The molecule has 0 aliphatic carbocycles. The summed E-state index contributed by atoms with van der Waals surface area (Å²) in [7, 11) is -2.05. The van der Waals surface area contributed by atoms with Crippen LogP contribution in [0.5, 0.6) is 0 Å². The van der Waals surface area contributed by atoms with E-state index in [1.807, 2.05) is 6.07 Å². The van der Waals surface area contributed by atoms with Crippen LogP contribution in [-0.2, 0) is 21.2 Å². The van der Waals surface area contributed by atoms with Gasteiger partial charge >= 0.3 is 0 Å². The molecule has 2 aromatic heterocycles. The summed E-state index contributed by atoms with van der Waals surface area (Å²) in [5.74, 6) is 0. The molecule has 2 N–H and O–H groups in total. The van der Waals surface area contributed by atoms with E-state index in [4.69, 9.17) is 10.5 Å². The van der Waals surface area contributed by atoms with E-state index in [1.165, 1.54) is 3.97 Å². The lowest BCUT2D eigenvalue weighted by Gasteiger charge is -2.19. The molecule has 3 heterocycles. The summed E-state index contributed by atoms with van der Waals surface area (Å²) in [4.78, 5) is 6.77. The third-order valence-corrected chi connectivity index (χ3v) is 6.90. The zero-order chi connectivity index (χ0) is 19.7. The van der Waals surface area contributed by atoms with Gasteiger partial charge in [0.1, 0.15) is 0 Å². The maximum Gasteiger partial charge on any atom is 0.268 e. The number of benzene rings is 1. The molecule has 3 aromatic rings. The number of ether oxygens (including phenoxy) is 1. The number of nitrogens with zero attached hydrogens (tertiary/aromatic N) is 3. The fourth-order valence-electron chi connectivity index (χ4n) is 3.74. The molecule has 0 radical (unpaired) electrons. The average molecular weight is 401 g/mol. The Kier molecular flexibility index (Phi) is 5.09. The lowest BCUT2D eigenvalue weighted by molar-refractivity contribution is 0.121. The summed E-state index contributed by atoms with van der Waals surface area (Å²) in [6.45, 7) is 2.04. The van der Waals surface area contributed by atoms with Crippen molar-refractivity contribution in [2.45, 2.75) is 23.8 Å². The molecule has 0 bridgehead atoms. The molecule has 1 atom stereocenters. The molecule has 0 saturated carbocycles. The van der Waals surface area contributed by atoms with Crippen LogP contribution in [0.3, 0.4) is 0 Å². The number of pyridine rings is 1. The highest BCUT2D eigenvalue weighted by molar-refractivity contribution is 7.90. The van der Waals surface area contributed by atoms with E-state index in [2.05, 4.69) is 9.88 Å². The van der Waals surface area contributed by atoms with E-state index in [0.717, 1.165) is 30.8 Å². The average Bonchev–Trinajstić information content (AvgIpc) is 3.34. The van der Waals surface area contributed by atoms with Crippen molar-refractivity contribution >= 4 is 26.7 Å². The van der Waals surface area contributed by atoms with Crippen molar-refractivity contribution in [2.24, 2.45) is 5.73 Å². The lowest BCUT2D eigenvalue weighted by Crippen LogP contribution is -2.22. The van der Waals surface area contributed by atoms with Crippen molar-refractivity contribution in [3.63, 3.8) is 0 Å². The van der Waals surface area contributed by atoms with Crippen molar-refractivity contribution in [1.82, 2.24) is 8.96 Å². The summed E-state index contributed by atoms with van der Waals surface area (Å²) in [5.41, 5.74) is 8.65. The van der Waals surface area contributed by atoms with E-state index in [-0.39, 0.29) is 11.0 Å². The summed E-state index contributed by atoms with van der Waals surface area (Å²) in [6, 6.07) is 10.6. The quantitative estimate of drug-likeness (QED) is 0.681.